The van der Waals surface area contributed by atoms with Crippen molar-refractivity contribution in [3.63, 3.8) is 0 Å². The largest absolute Gasteiger partial charge is 0.384 e. The van der Waals surface area contributed by atoms with E-state index in [0.717, 1.165) is 0 Å². The van der Waals surface area contributed by atoms with Crippen LogP contribution < -0.4 is 5.73 Å². The smallest absolute Gasteiger partial charge is 0.197 e. The molecule has 0 aliphatic carbocycles. The summed E-state index contributed by atoms with van der Waals surface area (Å²) in [6.45, 7) is 0. The second kappa shape index (κ2) is 1.73. The van der Waals surface area contributed by atoms with Crippen molar-refractivity contribution in [1.29, 1.82) is 0 Å². The molecule has 2 unspecified atom stereocenters. The lowest BCUT2D eigenvalue weighted by Gasteiger charge is -2.06. The molecule has 0 aromatic heterocycles. The summed E-state index contributed by atoms with van der Waals surface area (Å²) < 4.78 is 5.15. The summed E-state index contributed by atoms with van der Waals surface area (Å²) in [6, 6.07) is 0. The van der Waals surface area contributed by atoms with Crippen LogP contribution >= 0.6 is 0 Å². The molecule has 4 heteroatoms. The predicted molar refractivity (Wildman–Crippen MR) is 37.2 cm³/mol. The highest BCUT2D eigenvalue weighted by molar-refractivity contribution is 5.91. The summed E-state index contributed by atoms with van der Waals surface area (Å²) in [5, 5.41) is 0. The van der Waals surface area contributed by atoms with Crippen LogP contribution in [0.1, 0.15) is 0 Å². The molecule has 0 radical (unpaired) electrons. The van der Waals surface area contributed by atoms with Crippen LogP contribution in [0.15, 0.2) is 17.3 Å². The van der Waals surface area contributed by atoms with Crippen molar-refractivity contribution in [3.8, 4) is 0 Å². The Bertz CT molecular complexity index is 211. The number of nitrogens with two attached hydrogens (primary N) is 1. The van der Waals surface area contributed by atoms with E-state index in [-0.39, 0.29) is 12.5 Å². The summed E-state index contributed by atoms with van der Waals surface area (Å²) in [7, 11) is 1.94. The minimum Gasteiger partial charge on any atom is -0.384 e. The van der Waals surface area contributed by atoms with Gasteiger partial charge in [-0.3, -0.25) is 0 Å². The van der Waals surface area contributed by atoms with Crippen molar-refractivity contribution < 1.29 is 4.74 Å². The molecule has 2 N–H and O–H groups in total. The first-order valence-electron chi connectivity index (χ1n) is 3.16. The Balaban J connectivity index is 2.21. The minimum atomic E-state index is -0.0278. The van der Waals surface area contributed by atoms with Gasteiger partial charge in [0, 0.05) is 13.2 Å². The number of rotatable bonds is 0. The number of aliphatic imine (C=N–C) groups is 1. The maximum atomic E-state index is 5.47. The van der Waals surface area contributed by atoms with E-state index < -0.39 is 0 Å². The Kier molecular flexibility index (Phi) is 0.990. The Morgan fingerprint density at radius 2 is 2.60 bits per heavy atom. The van der Waals surface area contributed by atoms with Gasteiger partial charge >= 0.3 is 0 Å². The van der Waals surface area contributed by atoms with E-state index in [2.05, 4.69) is 4.99 Å². The Labute approximate surface area is 59.0 Å². The molecule has 10 heavy (non-hydrogen) atoms. The molecule has 2 aliphatic rings. The van der Waals surface area contributed by atoms with Crippen LogP contribution in [-0.2, 0) is 4.74 Å². The van der Waals surface area contributed by atoms with Gasteiger partial charge in [0.2, 0.25) is 0 Å². The van der Waals surface area contributed by atoms with Gasteiger partial charge in [0.05, 0.1) is 0 Å². The van der Waals surface area contributed by atoms with Gasteiger partial charge in [0.1, 0.15) is 5.84 Å². The van der Waals surface area contributed by atoms with Gasteiger partial charge in [0.25, 0.3) is 0 Å². The van der Waals surface area contributed by atoms with Crippen LogP contribution in [0.5, 0.6) is 0 Å². The van der Waals surface area contributed by atoms with Crippen LogP contribution in [0.3, 0.4) is 0 Å². The van der Waals surface area contributed by atoms with Crippen molar-refractivity contribution in [2.45, 2.75) is 12.5 Å². The number of fused-ring (bicyclic) bond motifs is 1. The Morgan fingerprint density at radius 3 is 3.40 bits per heavy atom. The maximum Gasteiger partial charge on any atom is 0.197 e. The zero-order valence-electron chi connectivity index (χ0n) is 5.69. The molecule has 2 aliphatic heterocycles. The summed E-state index contributed by atoms with van der Waals surface area (Å²) in [5.74, 6) is 0.539. The average molecular weight is 139 g/mol. The zero-order valence-corrected chi connectivity index (χ0v) is 5.69. The number of epoxide rings is 1. The molecular weight excluding hydrogens is 130 g/mol. The van der Waals surface area contributed by atoms with Gasteiger partial charge < -0.3 is 15.4 Å². The molecule has 0 bridgehead atoms. The number of amidine groups is 1. The van der Waals surface area contributed by atoms with E-state index in [4.69, 9.17) is 10.5 Å². The van der Waals surface area contributed by atoms with E-state index in [1.54, 1.807) is 6.08 Å². The summed E-state index contributed by atoms with van der Waals surface area (Å²) in [4.78, 5) is 6.00. The third-order valence-electron chi connectivity index (χ3n) is 1.60. The normalized spacial score (nSPS) is 36.5. The molecule has 1 fully saturated rings. The number of hydrogen-bond acceptors (Lipinski definition) is 4. The lowest BCUT2D eigenvalue weighted by molar-refractivity contribution is 0.265. The minimum absolute atomic E-state index is 0.0278. The highest BCUT2D eigenvalue weighted by atomic mass is 16.6. The lowest BCUT2D eigenvalue weighted by Crippen LogP contribution is -2.15. The molecule has 2 heterocycles. The standard InChI is InChI=1S/C6H9N3O/c1-9-3-2-4(7)8-5-6(9)10-5/h2-3,5-6H,1H3,(H2,7,8). The van der Waals surface area contributed by atoms with Crippen LogP contribution in [0, 0.1) is 0 Å². The van der Waals surface area contributed by atoms with Crippen molar-refractivity contribution >= 4 is 5.84 Å². The fourth-order valence-electron chi connectivity index (χ4n) is 0.958. The zero-order chi connectivity index (χ0) is 7.14. The van der Waals surface area contributed by atoms with Crippen LogP contribution in [0.2, 0.25) is 0 Å². The van der Waals surface area contributed by atoms with Crippen molar-refractivity contribution in [2.24, 2.45) is 10.7 Å². The molecule has 2 atom stereocenters. The van der Waals surface area contributed by atoms with Crippen LogP contribution in [0.25, 0.3) is 0 Å². The van der Waals surface area contributed by atoms with Crippen molar-refractivity contribution in [1.82, 2.24) is 4.90 Å². The van der Waals surface area contributed by atoms with E-state index in [1.807, 2.05) is 18.1 Å². The second-order valence-electron chi connectivity index (χ2n) is 2.45. The molecule has 0 aromatic rings. The molecule has 4 nitrogen and oxygen atoms in total. The highest BCUT2D eigenvalue weighted by Gasteiger charge is 2.42. The first-order chi connectivity index (χ1) is 4.77. The molecule has 2 rings (SSSR count). The number of nitrogens with zero attached hydrogens (tertiary/aromatic N) is 2. The maximum absolute atomic E-state index is 5.47. The van der Waals surface area contributed by atoms with Gasteiger partial charge in [0.15, 0.2) is 12.5 Å². The summed E-state index contributed by atoms with van der Waals surface area (Å²) in [6.07, 6.45) is 3.74. The first-order valence-corrected chi connectivity index (χ1v) is 3.16. The van der Waals surface area contributed by atoms with Gasteiger partial charge in [-0.15, -0.1) is 0 Å². The molecule has 0 spiro atoms. The van der Waals surface area contributed by atoms with Gasteiger partial charge in [-0.25, -0.2) is 4.99 Å². The SMILES string of the molecule is CN1C=CC(N)=NC2OC21. The third kappa shape index (κ3) is 0.769. The average Bonchev–Trinajstić information content (AvgIpc) is 2.60. The molecular formula is C6H9N3O. The lowest BCUT2D eigenvalue weighted by atomic mass is 10.5. The topological polar surface area (TPSA) is 54.1 Å². The summed E-state index contributed by atoms with van der Waals surface area (Å²) in [5.41, 5.74) is 5.47. The third-order valence-corrected chi connectivity index (χ3v) is 1.60. The fourth-order valence-corrected chi connectivity index (χ4v) is 0.958. The van der Waals surface area contributed by atoms with Gasteiger partial charge in [-0.2, -0.15) is 0 Å². The number of ether oxygens (including phenoxy) is 1. The van der Waals surface area contributed by atoms with E-state index in [0.29, 0.717) is 5.84 Å². The van der Waals surface area contributed by atoms with Crippen LogP contribution in [-0.4, -0.2) is 30.2 Å². The number of likely N-dealkylation sites (N-methyl/N-ethyl adjacent to an activating group) is 1. The molecule has 54 valence electrons. The van der Waals surface area contributed by atoms with Gasteiger partial charge in [-0.05, 0) is 6.08 Å². The molecule has 0 amide bonds. The molecule has 1 saturated heterocycles. The molecule has 0 saturated carbocycles. The quantitative estimate of drug-likeness (QED) is 0.460. The monoisotopic (exact) mass is 139 g/mol. The first kappa shape index (κ1) is 5.73. The van der Waals surface area contributed by atoms with Crippen molar-refractivity contribution in [2.75, 3.05) is 7.05 Å². The highest BCUT2D eigenvalue weighted by Crippen LogP contribution is 2.27. The van der Waals surface area contributed by atoms with Gasteiger partial charge in [-0.1, -0.05) is 0 Å². The Hall–Kier alpha value is -1.03. The van der Waals surface area contributed by atoms with Crippen LogP contribution in [0.4, 0.5) is 0 Å². The predicted octanol–water partition coefficient (Wildman–Crippen LogP) is -0.515. The Morgan fingerprint density at radius 1 is 1.80 bits per heavy atom. The molecule has 0 aromatic carbocycles. The number of hydrogen-bond donors (Lipinski definition) is 1. The van der Waals surface area contributed by atoms with E-state index in [9.17, 15) is 0 Å². The second-order valence-corrected chi connectivity index (χ2v) is 2.45. The summed E-state index contributed by atoms with van der Waals surface area (Å²) >= 11 is 0. The van der Waals surface area contributed by atoms with E-state index >= 15 is 0 Å². The fraction of sp³-hybridized carbons (Fsp3) is 0.500. The van der Waals surface area contributed by atoms with E-state index in [1.165, 1.54) is 0 Å². The van der Waals surface area contributed by atoms with Crippen molar-refractivity contribution in [3.05, 3.63) is 12.3 Å².